The molecule has 2 heterocycles. The largest absolute Gasteiger partial charge is 0.506 e. The van der Waals surface area contributed by atoms with Gasteiger partial charge in [0.15, 0.2) is 0 Å². The maximum absolute atomic E-state index is 9.29. The number of aromatic nitrogens is 3. The van der Waals surface area contributed by atoms with Crippen molar-refractivity contribution < 1.29 is 5.11 Å². The topological polar surface area (TPSA) is 84.9 Å². The smallest absolute Gasteiger partial charge is 0.220 e. The lowest BCUT2D eigenvalue weighted by atomic mass is 10.00. The molecule has 5 nitrogen and oxygen atoms in total. The number of nitrogens with zero attached hydrogens (tertiary/aromatic N) is 3. The third-order valence-corrected chi connectivity index (χ3v) is 4.12. The average Bonchev–Trinajstić information content (AvgIpc) is 2.56. The number of aryl methyl sites for hydroxylation is 3. The molecule has 0 bridgehead atoms. The van der Waals surface area contributed by atoms with E-state index in [0.29, 0.717) is 6.42 Å². The Balaban J connectivity index is 1.86. The van der Waals surface area contributed by atoms with E-state index in [4.69, 9.17) is 5.73 Å². The number of hydrogen-bond acceptors (Lipinski definition) is 5. The number of nitrogen functional groups attached to an aromatic ring is 1. The van der Waals surface area contributed by atoms with Crippen LogP contribution in [0.4, 0.5) is 5.95 Å². The van der Waals surface area contributed by atoms with Gasteiger partial charge >= 0.3 is 0 Å². The fraction of sp³-hybridized carbons (Fsp3) is 0.211. The van der Waals surface area contributed by atoms with E-state index in [2.05, 4.69) is 40.9 Å². The van der Waals surface area contributed by atoms with Gasteiger partial charge in [0.1, 0.15) is 5.75 Å². The van der Waals surface area contributed by atoms with Gasteiger partial charge in [0, 0.05) is 17.0 Å². The zero-order chi connectivity index (χ0) is 17.1. The second-order valence-corrected chi connectivity index (χ2v) is 5.86. The maximum atomic E-state index is 9.29. The van der Waals surface area contributed by atoms with Gasteiger partial charge in [0.25, 0.3) is 0 Å². The predicted molar refractivity (Wildman–Crippen MR) is 94.7 cm³/mol. The number of aromatic hydroxyl groups is 1. The molecule has 0 aliphatic carbocycles. The number of rotatable bonds is 4. The average molecular weight is 320 g/mol. The van der Waals surface area contributed by atoms with Crippen molar-refractivity contribution in [3.63, 3.8) is 0 Å². The first-order valence-electron chi connectivity index (χ1n) is 7.87. The Morgan fingerprint density at radius 1 is 1.00 bits per heavy atom. The SMILES string of the molecule is Cc1cccc(-c2cc(CCc3ccc(O)cn3)nc(N)n2)c1C. The lowest BCUT2D eigenvalue weighted by Crippen LogP contribution is -2.03. The van der Waals surface area contributed by atoms with Crippen LogP contribution in [0.25, 0.3) is 11.3 Å². The molecule has 0 saturated carbocycles. The summed E-state index contributed by atoms with van der Waals surface area (Å²) in [5.41, 5.74) is 12.0. The highest BCUT2D eigenvalue weighted by atomic mass is 16.3. The highest BCUT2D eigenvalue weighted by Crippen LogP contribution is 2.25. The van der Waals surface area contributed by atoms with Gasteiger partial charge in [-0.1, -0.05) is 18.2 Å². The molecule has 0 saturated heterocycles. The van der Waals surface area contributed by atoms with E-state index in [-0.39, 0.29) is 11.7 Å². The third-order valence-electron chi connectivity index (χ3n) is 4.12. The van der Waals surface area contributed by atoms with Gasteiger partial charge < -0.3 is 10.8 Å². The molecular formula is C19H20N4O. The molecule has 0 atom stereocenters. The fourth-order valence-corrected chi connectivity index (χ4v) is 2.63. The Hall–Kier alpha value is -2.95. The second-order valence-electron chi connectivity index (χ2n) is 5.86. The molecule has 1 aromatic carbocycles. The normalized spacial score (nSPS) is 10.8. The van der Waals surface area contributed by atoms with Crippen LogP contribution < -0.4 is 5.73 Å². The molecule has 0 radical (unpaired) electrons. The standard InChI is InChI=1S/C19H20N4O/c1-12-4-3-5-17(13(12)2)18-10-15(22-19(20)23-18)7-6-14-8-9-16(24)11-21-14/h3-5,8-11,24H,6-7H2,1-2H3,(H2,20,22,23). The monoisotopic (exact) mass is 320 g/mol. The van der Waals surface area contributed by atoms with Crippen molar-refractivity contribution >= 4 is 5.95 Å². The van der Waals surface area contributed by atoms with Crippen molar-refractivity contribution in [2.75, 3.05) is 5.73 Å². The number of benzene rings is 1. The van der Waals surface area contributed by atoms with Crippen LogP contribution in [-0.2, 0) is 12.8 Å². The molecule has 0 aliphatic rings. The van der Waals surface area contributed by atoms with Crippen molar-refractivity contribution in [3.05, 3.63) is 65.1 Å². The molecule has 3 N–H and O–H groups in total. The predicted octanol–water partition coefficient (Wildman–Crippen LogP) is 3.23. The molecule has 3 aromatic rings. The Kier molecular flexibility index (Phi) is 4.42. The summed E-state index contributed by atoms with van der Waals surface area (Å²) in [7, 11) is 0. The highest BCUT2D eigenvalue weighted by Gasteiger charge is 2.09. The maximum Gasteiger partial charge on any atom is 0.220 e. The first-order valence-corrected chi connectivity index (χ1v) is 7.87. The van der Waals surface area contributed by atoms with Crippen molar-refractivity contribution in [1.29, 1.82) is 0 Å². The van der Waals surface area contributed by atoms with E-state index in [1.165, 1.54) is 17.3 Å². The molecule has 5 heteroatoms. The number of hydrogen-bond donors (Lipinski definition) is 2. The Morgan fingerprint density at radius 2 is 1.79 bits per heavy atom. The summed E-state index contributed by atoms with van der Waals surface area (Å²) in [6.45, 7) is 4.17. The van der Waals surface area contributed by atoms with Gasteiger partial charge in [-0.05, 0) is 56.0 Å². The van der Waals surface area contributed by atoms with E-state index >= 15 is 0 Å². The second kappa shape index (κ2) is 6.66. The Morgan fingerprint density at radius 3 is 2.54 bits per heavy atom. The molecule has 3 rings (SSSR count). The number of pyridine rings is 1. The van der Waals surface area contributed by atoms with Crippen LogP contribution in [-0.4, -0.2) is 20.1 Å². The fourth-order valence-electron chi connectivity index (χ4n) is 2.63. The van der Waals surface area contributed by atoms with Crippen LogP contribution in [0, 0.1) is 13.8 Å². The van der Waals surface area contributed by atoms with Gasteiger partial charge in [0.2, 0.25) is 5.95 Å². The summed E-state index contributed by atoms with van der Waals surface area (Å²) in [5, 5.41) is 9.29. The molecular weight excluding hydrogens is 300 g/mol. The summed E-state index contributed by atoms with van der Waals surface area (Å²) in [5.74, 6) is 0.448. The van der Waals surface area contributed by atoms with Crippen LogP contribution in [0.3, 0.4) is 0 Å². The molecule has 0 spiro atoms. The minimum absolute atomic E-state index is 0.169. The van der Waals surface area contributed by atoms with Gasteiger partial charge in [-0.2, -0.15) is 0 Å². The van der Waals surface area contributed by atoms with E-state index in [9.17, 15) is 5.11 Å². The third kappa shape index (κ3) is 3.51. The lowest BCUT2D eigenvalue weighted by molar-refractivity contribution is 0.472. The van der Waals surface area contributed by atoms with Crippen LogP contribution >= 0.6 is 0 Å². The van der Waals surface area contributed by atoms with Crippen molar-refractivity contribution in [2.24, 2.45) is 0 Å². The molecule has 2 aromatic heterocycles. The zero-order valence-corrected chi connectivity index (χ0v) is 13.8. The first-order chi connectivity index (χ1) is 11.5. The van der Waals surface area contributed by atoms with Gasteiger partial charge in [0.05, 0.1) is 11.9 Å². The van der Waals surface area contributed by atoms with Crippen LogP contribution in [0.1, 0.15) is 22.5 Å². The molecule has 122 valence electrons. The molecule has 0 amide bonds. The minimum atomic E-state index is 0.169. The minimum Gasteiger partial charge on any atom is -0.506 e. The molecule has 0 fully saturated rings. The molecule has 24 heavy (non-hydrogen) atoms. The summed E-state index contributed by atoms with van der Waals surface area (Å²) >= 11 is 0. The van der Waals surface area contributed by atoms with E-state index in [1.807, 2.05) is 18.2 Å². The number of nitrogens with two attached hydrogens (primary N) is 1. The van der Waals surface area contributed by atoms with E-state index < -0.39 is 0 Å². The lowest BCUT2D eigenvalue weighted by Gasteiger charge is -2.10. The highest BCUT2D eigenvalue weighted by molar-refractivity contribution is 5.66. The van der Waals surface area contributed by atoms with Crippen LogP contribution in [0.2, 0.25) is 0 Å². The zero-order valence-electron chi connectivity index (χ0n) is 13.8. The Labute approximate surface area is 141 Å². The van der Waals surface area contributed by atoms with Crippen molar-refractivity contribution in [3.8, 4) is 17.0 Å². The van der Waals surface area contributed by atoms with Gasteiger partial charge in [-0.15, -0.1) is 0 Å². The van der Waals surface area contributed by atoms with Crippen LogP contribution in [0.5, 0.6) is 5.75 Å². The van der Waals surface area contributed by atoms with E-state index in [0.717, 1.165) is 29.1 Å². The molecule has 0 aliphatic heterocycles. The summed E-state index contributed by atoms with van der Waals surface area (Å²) in [6.07, 6.45) is 2.89. The van der Waals surface area contributed by atoms with Crippen molar-refractivity contribution in [2.45, 2.75) is 26.7 Å². The number of anilines is 1. The first kappa shape index (κ1) is 15.9. The van der Waals surface area contributed by atoms with Crippen molar-refractivity contribution in [1.82, 2.24) is 15.0 Å². The summed E-state index contributed by atoms with van der Waals surface area (Å²) in [4.78, 5) is 12.9. The van der Waals surface area contributed by atoms with E-state index in [1.54, 1.807) is 6.07 Å². The Bertz CT molecular complexity index is 860. The van der Waals surface area contributed by atoms with Gasteiger partial charge in [-0.3, -0.25) is 4.98 Å². The quantitative estimate of drug-likeness (QED) is 0.771. The summed E-state index contributed by atoms with van der Waals surface area (Å²) in [6, 6.07) is 11.6. The van der Waals surface area contributed by atoms with Gasteiger partial charge in [-0.25, -0.2) is 9.97 Å². The van der Waals surface area contributed by atoms with Crippen LogP contribution in [0.15, 0.2) is 42.6 Å². The summed E-state index contributed by atoms with van der Waals surface area (Å²) < 4.78 is 0. The molecule has 0 unspecified atom stereocenters.